The molecule has 1 aromatic rings. The van der Waals surface area contributed by atoms with Crippen LogP contribution in [-0.4, -0.2) is 24.8 Å². The molecule has 1 aromatic carbocycles. The third-order valence-corrected chi connectivity index (χ3v) is 3.90. The molecule has 2 atom stereocenters. The van der Waals surface area contributed by atoms with Crippen molar-refractivity contribution < 1.29 is 5.11 Å². The number of nitrogens with one attached hydrogen (secondary N) is 1. The van der Waals surface area contributed by atoms with Gasteiger partial charge in [-0.2, -0.15) is 0 Å². The first-order valence-electron chi connectivity index (χ1n) is 6.63. The van der Waals surface area contributed by atoms with Gasteiger partial charge in [-0.15, -0.1) is 0 Å². The van der Waals surface area contributed by atoms with Crippen LogP contribution in [0.5, 0.6) is 0 Å². The van der Waals surface area contributed by atoms with Gasteiger partial charge in [-0.25, -0.2) is 0 Å². The van der Waals surface area contributed by atoms with E-state index in [1.807, 2.05) is 0 Å². The zero-order valence-electron chi connectivity index (χ0n) is 10.8. The summed E-state index contributed by atoms with van der Waals surface area (Å²) in [6.45, 7) is 6.80. The Morgan fingerprint density at radius 1 is 1.29 bits per heavy atom. The van der Waals surface area contributed by atoms with Crippen LogP contribution in [0.3, 0.4) is 0 Å². The number of aliphatic hydroxyl groups excluding tert-OH is 1. The summed E-state index contributed by atoms with van der Waals surface area (Å²) in [7, 11) is 0. The summed E-state index contributed by atoms with van der Waals surface area (Å²) in [5.74, 6) is 1.43. The number of hydrogen-bond donors (Lipinski definition) is 2. The Kier molecular flexibility index (Phi) is 4.19. The van der Waals surface area contributed by atoms with E-state index in [9.17, 15) is 5.11 Å². The van der Waals surface area contributed by atoms with Crippen molar-refractivity contribution in [1.82, 2.24) is 5.32 Å². The summed E-state index contributed by atoms with van der Waals surface area (Å²) < 4.78 is 0. The Bertz CT molecular complexity index is 338. The Morgan fingerprint density at radius 3 is 2.47 bits per heavy atom. The fourth-order valence-electron chi connectivity index (χ4n) is 2.66. The second-order valence-electron chi connectivity index (χ2n) is 5.39. The lowest BCUT2D eigenvalue weighted by Crippen LogP contribution is -2.11. The van der Waals surface area contributed by atoms with E-state index in [1.165, 1.54) is 17.5 Å². The number of benzene rings is 1. The summed E-state index contributed by atoms with van der Waals surface area (Å²) in [4.78, 5) is 0. The van der Waals surface area contributed by atoms with Gasteiger partial charge in [0.15, 0.2) is 0 Å². The lowest BCUT2D eigenvalue weighted by atomic mass is 9.87. The summed E-state index contributed by atoms with van der Waals surface area (Å²) in [6.07, 6.45) is 1.24. The fraction of sp³-hybridized carbons (Fsp3) is 0.600. The van der Waals surface area contributed by atoms with E-state index in [0.29, 0.717) is 11.8 Å². The first kappa shape index (κ1) is 12.6. The van der Waals surface area contributed by atoms with Gasteiger partial charge in [0.25, 0.3) is 0 Å². The standard InChI is InChI=1S/C15H23NO/c1-11(2)15(10-17)13-5-3-12(4-6-13)14-7-8-16-9-14/h3-6,11,14-17H,7-10H2,1-2H3. The SMILES string of the molecule is CC(C)C(CO)c1ccc(C2CCNC2)cc1. The van der Waals surface area contributed by atoms with Crippen LogP contribution in [0, 0.1) is 5.92 Å². The van der Waals surface area contributed by atoms with Crippen molar-refractivity contribution in [2.24, 2.45) is 5.92 Å². The van der Waals surface area contributed by atoms with Gasteiger partial charge in [0.1, 0.15) is 0 Å². The molecule has 1 aliphatic heterocycles. The zero-order valence-corrected chi connectivity index (χ0v) is 10.8. The molecule has 2 rings (SSSR count). The summed E-state index contributed by atoms with van der Waals surface area (Å²) >= 11 is 0. The maximum absolute atomic E-state index is 9.42. The fourth-order valence-corrected chi connectivity index (χ4v) is 2.66. The highest BCUT2D eigenvalue weighted by Crippen LogP contribution is 2.27. The minimum atomic E-state index is 0.238. The summed E-state index contributed by atoms with van der Waals surface area (Å²) in [5, 5.41) is 12.8. The molecule has 0 radical (unpaired) electrons. The molecule has 1 fully saturated rings. The molecule has 2 heteroatoms. The van der Waals surface area contributed by atoms with E-state index < -0.39 is 0 Å². The highest BCUT2D eigenvalue weighted by molar-refractivity contribution is 5.29. The number of rotatable bonds is 4. The predicted octanol–water partition coefficient (Wildman–Crippen LogP) is 2.50. The average molecular weight is 233 g/mol. The summed E-state index contributed by atoms with van der Waals surface area (Å²) in [5.41, 5.74) is 2.69. The van der Waals surface area contributed by atoms with Crippen molar-refractivity contribution in [3.63, 3.8) is 0 Å². The highest BCUT2D eigenvalue weighted by atomic mass is 16.3. The quantitative estimate of drug-likeness (QED) is 0.837. The monoisotopic (exact) mass is 233 g/mol. The van der Waals surface area contributed by atoms with E-state index in [1.54, 1.807) is 0 Å². The Hall–Kier alpha value is -0.860. The van der Waals surface area contributed by atoms with Gasteiger partial charge in [0, 0.05) is 12.5 Å². The van der Waals surface area contributed by atoms with Crippen LogP contribution in [0.4, 0.5) is 0 Å². The van der Waals surface area contributed by atoms with E-state index in [0.717, 1.165) is 13.1 Å². The molecule has 17 heavy (non-hydrogen) atoms. The van der Waals surface area contributed by atoms with Crippen molar-refractivity contribution in [3.05, 3.63) is 35.4 Å². The molecular weight excluding hydrogens is 210 g/mol. The molecule has 0 aromatic heterocycles. The van der Waals surface area contributed by atoms with Gasteiger partial charge < -0.3 is 10.4 Å². The van der Waals surface area contributed by atoms with Crippen LogP contribution in [0.25, 0.3) is 0 Å². The van der Waals surface area contributed by atoms with Crippen LogP contribution in [0.2, 0.25) is 0 Å². The molecule has 0 spiro atoms. The van der Waals surface area contributed by atoms with Gasteiger partial charge in [-0.3, -0.25) is 0 Å². The first-order chi connectivity index (χ1) is 8.22. The molecule has 2 N–H and O–H groups in total. The van der Waals surface area contributed by atoms with Crippen LogP contribution in [-0.2, 0) is 0 Å². The Morgan fingerprint density at radius 2 is 2.00 bits per heavy atom. The molecule has 94 valence electrons. The maximum Gasteiger partial charge on any atom is 0.0502 e. The van der Waals surface area contributed by atoms with Crippen molar-refractivity contribution >= 4 is 0 Å². The minimum Gasteiger partial charge on any atom is -0.396 e. The Balaban J connectivity index is 2.11. The molecule has 0 saturated carbocycles. The van der Waals surface area contributed by atoms with Gasteiger partial charge in [0.05, 0.1) is 6.61 Å². The van der Waals surface area contributed by atoms with E-state index >= 15 is 0 Å². The van der Waals surface area contributed by atoms with Gasteiger partial charge in [-0.05, 0) is 35.9 Å². The van der Waals surface area contributed by atoms with Gasteiger partial charge in [0.2, 0.25) is 0 Å². The van der Waals surface area contributed by atoms with Gasteiger partial charge >= 0.3 is 0 Å². The molecule has 1 heterocycles. The molecule has 0 bridgehead atoms. The first-order valence-corrected chi connectivity index (χ1v) is 6.63. The second kappa shape index (κ2) is 5.65. The average Bonchev–Trinajstić information content (AvgIpc) is 2.84. The molecule has 2 unspecified atom stereocenters. The van der Waals surface area contributed by atoms with Crippen molar-refractivity contribution in [1.29, 1.82) is 0 Å². The molecule has 1 aliphatic rings. The highest BCUT2D eigenvalue weighted by Gasteiger charge is 2.18. The molecule has 0 aliphatic carbocycles. The largest absolute Gasteiger partial charge is 0.396 e. The molecule has 0 amide bonds. The normalized spacial score (nSPS) is 22.0. The van der Waals surface area contributed by atoms with Crippen molar-refractivity contribution in [3.8, 4) is 0 Å². The van der Waals surface area contributed by atoms with Crippen molar-refractivity contribution in [2.45, 2.75) is 32.1 Å². The topological polar surface area (TPSA) is 32.3 Å². The van der Waals surface area contributed by atoms with E-state index in [4.69, 9.17) is 0 Å². The molecule has 2 nitrogen and oxygen atoms in total. The number of hydrogen-bond acceptors (Lipinski definition) is 2. The lowest BCUT2D eigenvalue weighted by molar-refractivity contribution is 0.237. The third kappa shape index (κ3) is 2.88. The van der Waals surface area contributed by atoms with E-state index in [-0.39, 0.29) is 12.5 Å². The second-order valence-corrected chi connectivity index (χ2v) is 5.39. The number of aliphatic hydroxyl groups is 1. The zero-order chi connectivity index (χ0) is 12.3. The molecule has 1 saturated heterocycles. The van der Waals surface area contributed by atoms with Crippen molar-refractivity contribution in [2.75, 3.05) is 19.7 Å². The third-order valence-electron chi connectivity index (χ3n) is 3.90. The van der Waals surface area contributed by atoms with E-state index in [2.05, 4.69) is 43.4 Å². The predicted molar refractivity (Wildman–Crippen MR) is 71.3 cm³/mol. The van der Waals surface area contributed by atoms with Crippen LogP contribution >= 0.6 is 0 Å². The Labute approximate surface area is 104 Å². The lowest BCUT2D eigenvalue weighted by Gasteiger charge is -2.19. The van der Waals surface area contributed by atoms with Crippen LogP contribution in [0.15, 0.2) is 24.3 Å². The maximum atomic E-state index is 9.42. The van der Waals surface area contributed by atoms with Gasteiger partial charge in [-0.1, -0.05) is 38.1 Å². The minimum absolute atomic E-state index is 0.238. The summed E-state index contributed by atoms with van der Waals surface area (Å²) in [6, 6.07) is 8.85. The smallest absolute Gasteiger partial charge is 0.0502 e. The van der Waals surface area contributed by atoms with Crippen LogP contribution < -0.4 is 5.32 Å². The molecular formula is C15H23NO. The van der Waals surface area contributed by atoms with Crippen LogP contribution in [0.1, 0.15) is 43.2 Å².